The highest BCUT2D eigenvalue weighted by Crippen LogP contribution is 2.15. The van der Waals surface area contributed by atoms with Crippen LogP contribution in [-0.2, 0) is 4.79 Å². The second kappa shape index (κ2) is 5.55. The summed E-state index contributed by atoms with van der Waals surface area (Å²) in [7, 11) is 0. The molecular weight excluding hydrogens is 216 g/mol. The molecule has 5 unspecified atom stereocenters. The molecule has 94 valence electrons. The number of piperidine rings is 1. The van der Waals surface area contributed by atoms with Crippen molar-refractivity contribution >= 4 is 5.91 Å². The van der Waals surface area contributed by atoms with Gasteiger partial charge in [0.1, 0.15) is 6.10 Å². The average molecular weight is 234 g/mol. The van der Waals surface area contributed by atoms with Crippen molar-refractivity contribution in [3.05, 3.63) is 0 Å². The standard InChI is InChI=1S/C9H18N2O5/c1-4(14)10-7-5(2-12)11-6(3-13)8(15)9(7)16/h5-9,11-13,15-16H,2-3H2,1H3,(H,10,14). The third-order valence-electron chi connectivity index (χ3n) is 2.76. The molecule has 0 aliphatic carbocycles. The number of hydrogen-bond acceptors (Lipinski definition) is 6. The third kappa shape index (κ3) is 2.69. The molecule has 1 fully saturated rings. The fourth-order valence-corrected chi connectivity index (χ4v) is 1.91. The Morgan fingerprint density at radius 2 is 1.75 bits per heavy atom. The van der Waals surface area contributed by atoms with Crippen molar-refractivity contribution < 1.29 is 25.2 Å². The van der Waals surface area contributed by atoms with E-state index in [1.807, 2.05) is 0 Å². The summed E-state index contributed by atoms with van der Waals surface area (Å²) in [4.78, 5) is 10.9. The minimum Gasteiger partial charge on any atom is -0.395 e. The first-order valence-corrected chi connectivity index (χ1v) is 5.12. The van der Waals surface area contributed by atoms with Crippen LogP contribution in [0.1, 0.15) is 6.92 Å². The molecule has 7 nitrogen and oxygen atoms in total. The molecule has 0 aromatic rings. The predicted molar refractivity (Wildman–Crippen MR) is 54.5 cm³/mol. The van der Waals surface area contributed by atoms with Crippen molar-refractivity contribution in [2.75, 3.05) is 13.2 Å². The lowest BCUT2D eigenvalue weighted by Crippen LogP contribution is -2.70. The Hall–Kier alpha value is -0.730. The molecule has 6 N–H and O–H groups in total. The normalized spacial score (nSPS) is 39.4. The van der Waals surface area contributed by atoms with Gasteiger partial charge in [-0.3, -0.25) is 4.79 Å². The summed E-state index contributed by atoms with van der Waals surface area (Å²) in [6, 6.07) is -2.09. The van der Waals surface area contributed by atoms with Crippen molar-refractivity contribution in [3.8, 4) is 0 Å². The van der Waals surface area contributed by atoms with Crippen LogP contribution in [0.4, 0.5) is 0 Å². The van der Waals surface area contributed by atoms with Gasteiger partial charge in [0.05, 0.1) is 37.4 Å². The average Bonchev–Trinajstić information content (AvgIpc) is 2.25. The van der Waals surface area contributed by atoms with Crippen LogP contribution in [0.25, 0.3) is 0 Å². The van der Waals surface area contributed by atoms with E-state index in [0.717, 1.165) is 0 Å². The van der Waals surface area contributed by atoms with Gasteiger partial charge in [-0.1, -0.05) is 0 Å². The summed E-state index contributed by atoms with van der Waals surface area (Å²) in [6.45, 7) is 0.610. The third-order valence-corrected chi connectivity index (χ3v) is 2.76. The number of aliphatic hydroxyl groups excluding tert-OH is 4. The Labute approximate surface area is 93.1 Å². The Morgan fingerprint density at radius 1 is 1.19 bits per heavy atom. The molecule has 1 rings (SSSR count). The predicted octanol–water partition coefficient (Wildman–Crippen LogP) is -3.46. The van der Waals surface area contributed by atoms with Gasteiger partial charge in [0.25, 0.3) is 0 Å². The quantitative estimate of drug-likeness (QED) is 0.302. The van der Waals surface area contributed by atoms with Gasteiger partial charge in [-0.15, -0.1) is 0 Å². The van der Waals surface area contributed by atoms with Gasteiger partial charge in [0.15, 0.2) is 0 Å². The molecule has 1 amide bonds. The van der Waals surface area contributed by atoms with E-state index in [9.17, 15) is 15.0 Å². The topological polar surface area (TPSA) is 122 Å². The van der Waals surface area contributed by atoms with Crippen molar-refractivity contribution in [2.24, 2.45) is 0 Å². The second-order valence-corrected chi connectivity index (χ2v) is 3.95. The number of aliphatic hydroxyl groups is 4. The van der Waals surface area contributed by atoms with E-state index in [0.29, 0.717) is 0 Å². The van der Waals surface area contributed by atoms with E-state index in [1.165, 1.54) is 6.92 Å². The lowest BCUT2D eigenvalue weighted by Gasteiger charge is -2.42. The molecule has 0 saturated carbocycles. The van der Waals surface area contributed by atoms with Crippen molar-refractivity contribution in [1.29, 1.82) is 0 Å². The number of amides is 1. The summed E-state index contributed by atoms with van der Waals surface area (Å²) in [6.07, 6.45) is -2.41. The Kier molecular flexibility index (Phi) is 4.63. The van der Waals surface area contributed by atoms with E-state index >= 15 is 0 Å². The fraction of sp³-hybridized carbons (Fsp3) is 0.889. The Bertz CT molecular complexity index is 248. The monoisotopic (exact) mass is 234 g/mol. The van der Waals surface area contributed by atoms with Gasteiger partial charge in [-0.2, -0.15) is 0 Å². The summed E-state index contributed by atoms with van der Waals surface area (Å²) >= 11 is 0. The van der Waals surface area contributed by atoms with E-state index in [2.05, 4.69) is 10.6 Å². The number of carbonyl (C=O) groups is 1. The molecule has 0 spiro atoms. The lowest BCUT2D eigenvalue weighted by molar-refractivity contribution is -0.124. The van der Waals surface area contributed by atoms with Gasteiger partial charge in [0.2, 0.25) is 5.91 Å². The molecule has 1 saturated heterocycles. The number of rotatable bonds is 3. The molecule has 0 bridgehead atoms. The first kappa shape index (κ1) is 13.3. The zero-order valence-corrected chi connectivity index (χ0v) is 9.00. The number of hydrogen-bond donors (Lipinski definition) is 6. The SMILES string of the molecule is CC(=O)NC1C(CO)NC(CO)C(O)C1O. The molecule has 1 heterocycles. The Morgan fingerprint density at radius 3 is 2.19 bits per heavy atom. The van der Waals surface area contributed by atoms with Gasteiger partial charge in [-0.25, -0.2) is 0 Å². The first-order valence-electron chi connectivity index (χ1n) is 5.12. The summed E-state index contributed by atoms with van der Waals surface area (Å²) in [5.41, 5.74) is 0. The molecule has 0 radical (unpaired) electrons. The van der Waals surface area contributed by atoms with Gasteiger partial charge >= 0.3 is 0 Å². The van der Waals surface area contributed by atoms with Crippen LogP contribution in [0.3, 0.4) is 0 Å². The first-order chi connectivity index (χ1) is 7.51. The maximum absolute atomic E-state index is 10.9. The molecule has 16 heavy (non-hydrogen) atoms. The summed E-state index contributed by atoms with van der Waals surface area (Å²) < 4.78 is 0. The molecule has 0 aromatic carbocycles. The van der Waals surface area contributed by atoms with Crippen molar-refractivity contribution in [1.82, 2.24) is 10.6 Å². The number of carbonyl (C=O) groups excluding carboxylic acids is 1. The highest BCUT2D eigenvalue weighted by molar-refractivity contribution is 5.73. The van der Waals surface area contributed by atoms with Crippen LogP contribution >= 0.6 is 0 Å². The fourth-order valence-electron chi connectivity index (χ4n) is 1.91. The van der Waals surface area contributed by atoms with Crippen LogP contribution in [-0.4, -0.2) is 69.9 Å². The molecular formula is C9H18N2O5. The summed E-state index contributed by atoms with van der Waals surface area (Å²) in [5.74, 6) is -0.362. The molecule has 5 atom stereocenters. The smallest absolute Gasteiger partial charge is 0.217 e. The lowest BCUT2D eigenvalue weighted by atomic mass is 9.88. The van der Waals surface area contributed by atoms with Crippen LogP contribution in [0, 0.1) is 0 Å². The van der Waals surface area contributed by atoms with Crippen LogP contribution in [0.5, 0.6) is 0 Å². The molecule has 1 aliphatic heterocycles. The van der Waals surface area contributed by atoms with Gasteiger partial charge in [0, 0.05) is 6.92 Å². The molecule has 7 heteroatoms. The van der Waals surface area contributed by atoms with Gasteiger partial charge in [-0.05, 0) is 0 Å². The van der Waals surface area contributed by atoms with E-state index in [1.54, 1.807) is 0 Å². The van der Waals surface area contributed by atoms with Gasteiger partial charge < -0.3 is 31.1 Å². The van der Waals surface area contributed by atoms with Crippen molar-refractivity contribution in [3.63, 3.8) is 0 Å². The molecule has 1 aliphatic rings. The number of nitrogens with one attached hydrogen (secondary N) is 2. The zero-order chi connectivity index (χ0) is 12.3. The second-order valence-electron chi connectivity index (χ2n) is 3.95. The maximum Gasteiger partial charge on any atom is 0.217 e. The van der Waals surface area contributed by atoms with E-state index < -0.39 is 30.3 Å². The van der Waals surface area contributed by atoms with E-state index in [4.69, 9.17) is 10.2 Å². The summed E-state index contributed by atoms with van der Waals surface area (Å²) in [5, 5.41) is 42.7. The highest BCUT2D eigenvalue weighted by atomic mass is 16.3. The highest BCUT2D eigenvalue weighted by Gasteiger charge is 2.42. The minimum atomic E-state index is -1.22. The molecule has 0 aromatic heterocycles. The van der Waals surface area contributed by atoms with E-state index in [-0.39, 0.29) is 19.1 Å². The minimum absolute atomic E-state index is 0.314. The zero-order valence-electron chi connectivity index (χ0n) is 9.00. The van der Waals surface area contributed by atoms with Crippen LogP contribution in [0.15, 0.2) is 0 Å². The maximum atomic E-state index is 10.9. The Balaban J connectivity index is 2.77. The largest absolute Gasteiger partial charge is 0.395 e. The van der Waals surface area contributed by atoms with Crippen LogP contribution < -0.4 is 10.6 Å². The van der Waals surface area contributed by atoms with Crippen molar-refractivity contribution in [2.45, 2.75) is 37.3 Å². The van der Waals surface area contributed by atoms with Crippen LogP contribution in [0.2, 0.25) is 0 Å².